The molecule has 0 spiro atoms. The van der Waals surface area contributed by atoms with Crippen molar-refractivity contribution in [2.45, 2.75) is 53.0 Å². The Balaban J connectivity index is 2.32. The van der Waals surface area contributed by atoms with Crippen molar-refractivity contribution in [2.75, 3.05) is 14.2 Å². The van der Waals surface area contributed by atoms with Crippen molar-refractivity contribution in [1.82, 2.24) is 5.32 Å². The van der Waals surface area contributed by atoms with Gasteiger partial charge in [0.15, 0.2) is 0 Å². The van der Waals surface area contributed by atoms with Gasteiger partial charge in [-0.25, -0.2) is 0 Å². The molecule has 2 aromatic rings. The molecule has 0 aromatic heterocycles. The quantitative estimate of drug-likeness (QED) is 0.718. The van der Waals surface area contributed by atoms with Crippen LogP contribution in [0.25, 0.3) is 0 Å². The summed E-state index contributed by atoms with van der Waals surface area (Å²) in [7, 11) is 3.33. The minimum Gasteiger partial charge on any atom is -0.496 e. The molecule has 0 saturated heterocycles. The third kappa shape index (κ3) is 4.62. The first kappa shape index (κ1) is 20.8. The van der Waals surface area contributed by atoms with Gasteiger partial charge in [-0.3, -0.25) is 4.79 Å². The van der Waals surface area contributed by atoms with E-state index in [1.54, 1.807) is 14.2 Å². The molecular weight excluding hydrogens is 338 g/mol. The lowest BCUT2D eigenvalue weighted by atomic mass is 9.95. The molecule has 146 valence electrons. The third-order valence-corrected chi connectivity index (χ3v) is 4.98. The van der Waals surface area contributed by atoms with Gasteiger partial charge in [0.05, 0.1) is 20.3 Å². The molecule has 1 atom stereocenters. The van der Waals surface area contributed by atoms with Crippen LogP contribution in [0.5, 0.6) is 11.5 Å². The van der Waals surface area contributed by atoms with E-state index in [4.69, 9.17) is 9.47 Å². The van der Waals surface area contributed by atoms with Crippen LogP contribution >= 0.6 is 0 Å². The number of carbonyl (C=O) groups is 1. The van der Waals surface area contributed by atoms with Gasteiger partial charge in [0, 0.05) is 5.56 Å². The lowest BCUT2D eigenvalue weighted by Gasteiger charge is -2.21. The van der Waals surface area contributed by atoms with Crippen LogP contribution in [-0.4, -0.2) is 20.1 Å². The molecule has 0 aliphatic rings. The number of rotatable bonds is 7. The number of hydrogen-bond acceptors (Lipinski definition) is 3. The SMILES string of the molecule is CC[C@@H](NC(=O)c1cc(C(C)C)c(OC)cc1C)c1ccc(OC)c(C)c1. The Hall–Kier alpha value is -2.49. The van der Waals surface area contributed by atoms with Crippen LogP contribution < -0.4 is 14.8 Å². The van der Waals surface area contributed by atoms with E-state index in [2.05, 4.69) is 32.2 Å². The van der Waals surface area contributed by atoms with Crippen LogP contribution in [0.4, 0.5) is 0 Å². The smallest absolute Gasteiger partial charge is 0.252 e. The van der Waals surface area contributed by atoms with Crippen molar-refractivity contribution in [3.05, 3.63) is 58.1 Å². The van der Waals surface area contributed by atoms with E-state index in [-0.39, 0.29) is 17.9 Å². The fourth-order valence-electron chi connectivity index (χ4n) is 3.35. The second-order valence-electron chi connectivity index (χ2n) is 7.23. The van der Waals surface area contributed by atoms with Crippen molar-refractivity contribution in [1.29, 1.82) is 0 Å². The molecule has 4 nitrogen and oxygen atoms in total. The summed E-state index contributed by atoms with van der Waals surface area (Å²) < 4.78 is 10.8. The minimum absolute atomic E-state index is 0.0499. The molecule has 0 aliphatic carbocycles. The Morgan fingerprint density at radius 3 is 2.19 bits per heavy atom. The van der Waals surface area contributed by atoms with Crippen LogP contribution in [0.2, 0.25) is 0 Å². The van der Waals surface area contributed by atoms with Crippen LogP contribution in [0.15, 0.2) is 30.3 Å². The molecule has 27 heavy (non-hydrogen) atoms. The molecule has 0 bridgehead atoms. The second-order valence-corrected chi connectivity index (χ2v) is 7.23. The highest BCUT2D eigenvalue weighted by Crippen LogP contribution is 2.30. The van der Waals surface area contributed by atoms with Crippen LogP contribution in [0.3, 0.4) is 0 Å². The first-order valence-electron chi connectivity index (χ1n) is 9.46. The molecule has 0 heterocycles. The van der Waals surface area contributed by atoms with Crippen LogP contribution in [0.1, 0.15) is 71.8 Å². The number of methoxy groups -OCH3 is 2. The molecule has 0 saturated carbocycles. The highest BCUT2D eigenvalue weighted by molar-refractivity contribution is 5.96. The maximum absolute atomic E-state index is 13.0. The van der Waals surface area contributed by atoms with Crippen LogP contribution in [-0.2, 0) is 0 Å². The largest absolute Gasteiger partial charge is 0.496 e. The molecule has 1 amide bonds. The molecule has 0 fully saturated rings. The highest BCUT2D eigenvalue weighted by Gasteiger charge is 2.19. The average Bonchev–Trinajstić information content (AvgIpc) is 2.65. The van der Waals surface area contributed by atoms with E-state index in [9.17, 15) is 4.79 Å². The summed E-state index contributed by atoms with van der Waals surface area (Å²) >= 11 is 0. The predicted octanol–water partition coefficient (Wildman–Crippen LogP) is 5.33. The fraction of sp³-hybridized carbons (Fsp3) is 0.435. The first-order chi connectivity index (χ1) is 12.8. The van der Waals surface area contributed by atoms with Gasteiger partial charge in [0.1, 0.15) is 11.5 Å². The van der Waals surface area contributed by atoms with Gasteiger partial charge < -0.3 is 14.8 Å². The fourth-order valence-corrected chi connectivity index (χ4v) is 3.35. The average molecular weight is 370 g/mol. The zero-order valence-electron chi connectivity index (χ0n) is 17.5. The molecule has 0 radical (unpaired) electrons. The number of carbonyl (C=O) groups excluding carboxylic acids is 1. The summed E-state index contributed by atoms with van der Waals surface area (Å²) in [4.78, 5) is 13.0. The number of benzene rings is 2. The minimum atomic E-state index is -0.0580. The molecule has 0 unspecified atom stereocenters. The second kappa shape index (κ2) is 8.94. The number of ether oxygens (including phenoxy) is 2. The van der Waals surface area contributed by atoms with Crippen LogP contribution in [0, 0.1) is 13.8 Å². The Bertz CT molecular complexity index is 812. The maximum atomic E-state index is 13.0. The number of amides is 1. The molecular formula is C23H31NO3. The zero-order chi connectivity index (χ0) is 20.1. The van der Waals surface area contributed by atoms with Gasteiger partial charge in [0.25, 0.3) is 5.91 Å². The summed E-state index contributed by atoms with van der Waals surface area (Å²) in [5, 5.41) is 3.19. The van der Waals surface area contributed by atoms with Gasteiger partial charge in [-0.05, 0) is 66.6 Å². The zero-order valence-corrected chi connectivity index (χ0v) is 17.5. The summed E-state index contributed by atoms with van der Waals surface area (Å²) in [6.07, 6.45) is 0.809. The summed E-state index contributed by atoms with van der Waals surface area (Å²) in [6, 6.07) is 9.90. The Morgan fingerprint density at radius 2 is 1.67 bits per heavy atom. The lowest BCUT2D eigenvalue weighted by Crippen LogP contribution is -2.29. The normalized spacial score (nSPS) is 12.0. The highest BCUT2D eigenvalue weighted by atomic mass is 16.5. The van der Waals surface area contributed by atoms with Crippen molar-refractivity contribution >= 4 is 5.91 Å². The van der Waals surface area contributed by atoms with E-state index in [0.29, 0.717) is 5.56 Å². The van der Waals surface area contributed by atoms with E-state index < -0.39 is 0 Å². The predicted molar refractivity (Wildman–Crippen MR) is 110 cm³/mol. The molecule has 1 N–H and O–H groups in total. The number of hydrogen-bond donors (Lipinski definition) is 1. The Labute approximate surface area is 162 Å². The summed E-state index contributed by atoms with van der Waals surface area (Å²) in [5.74, 6) is 1.90. The maximum Gasteiger partial charge on any atom is 0.252 e. The summed E-state index contributed by atoms with van der Waals surface area (Å²) in [6.45, 7) is 10.2. The van der Waals surface area contributed by atoms with E-state index >= 15 is 0 Å². The van der Waals surface area contributed by atoms with E-state index in [1.807, 2.05) is 38.1 Å². The third-order valence-electron chi connectivity index (χ3n) is 4.98. The standard InChI is InChI=1S/C23H31NO3/c1-8-20(17-9-10-21(26-6)16(5)11-17)24-23(25)19-13-18(14(2)3)22(27-7)12-15(19)4/h9-14,20H,8H2,1-7H3,(H,24,25)/t20-/m1/s1. The van der Waals surface area contributed by atoms with Gasteiger partial charge in [-0.2, -0.15) is 0 Å². The van der Waals surface area contributed by atoms with Gasteiger partial charge in [0.2, 0.25) is 0 Å². The Kier molecular flexibility index (Phi) is 6.89. The van der Waals surface area contributed by atoms with E-state index in [1.165, 1.54) is 0 Å². The monoisotopic (exact) mass is 369 g/mol. The van der Waals surface area contributed by atoms with Crippen molar-refractivity contribution in [2.24, 2.45) is 0 Å². The van der Waals surface area contributed by atoms with Gasteiger partial charge in [-0.15, -0.1) is 0 Å². The number of nitrogens with one attached hydrogen (secondary N) is 1. The van der Waals surface area contributed by atoms with Crippen molar-refractivity contribution < 1.29 is 14.3 Å². The van der Waals surface area contributed by atoms with Gasteiger partial charge >= 0.3 is 0 Å². The number of aryl methyl sites for hydroxylation is 2. The van der Waals surface area contributed by atoms with Crippen molar-refractivity contribution in [3.8, 4) is 11.5 Å². The lowest BCUT2D eigenvalue weighted by molar-refractivity contribution is 0.0935. The Morgan fingerprint density at radius 1 is 1.00 bits per heavy atom. The topological polar surface area (TPSA) is 47.6 Å². The first-order valence-corrected chi connectivity index (χ1v) is 9.46. The van der Waals surface area contributed by atoms with Crippen molar-refractivity contribution in [3.63, 3.8) is 0 Å². The molecule has 2 aromatic carbocycles. The molecule has 0 aliphatic heterocycles. The van der Waals surface area contributed by atoms with Gasteiger partial charge in [-0.1, -0.05) is 32.9 Å². The van der Waals surface area contributed by atoms with E-state index in [0.717, 1.165) is 40.2 Å². The molecule has 2 rings (SSSR count). The molecule has 4 heteroatoms. The summed E-state index contributed by atoms with van der Waals surface area (Å²) in [5.41, 5.74) is 4.80.